The van der Waals surface area contributed by atoms with E-state index in [1.165, 1.54) is 0 Å². The molecule has 0 bridgehead atoms. The van der Waals surface area contributed by atoms with E-state index in [0.29, 0.717) is 36.4 Å². The van der Waals surface area contributed by atoms with Crippen molar-refractivity contribution in [3.05, 3.63) is 67.6 Å². The molecule has 4 aromatic rings. The van der Waals surface area contributed by atoms with Crippen LogP contribution in [0.15, 0.2) is 45.3 Å². The predicted octanol–water partition coefficient (Wildman–Crippen LogP) is 2.23. The molecular formula is C34H26Br2O22. The van der Waals surface area contributed by atoms with E-state index < -0.39 is 161 Å². The summed E-state index contributed by atoms with van der Waals surface area (Å²) in [6, 6.07) is 3.66. The number of aromatic hydroxyl groups is 12. The Balaban J connectivity index is 1.61. The highest BCUT2D eigenvalue weighted by molar-refractivity contribution is 9.11. The monoisotopic (exact) mass is 944 g/mol. The number of halogens is 2. The Hall–Kier alpha value is -6.76. The summed E-state index contributed by atoms with van der Waals surface area (Å²) in [7, 11) is 0. The summed E-state index contributed by atoms with van der Waals surface area (Å²) < 4.78 is 25.9. The molecule has 0 unspecified atom stereocenters. The minimum absolute atomic E-state index is 0.484. The Labute approximate surface area is 338 Å². The van der Waals surface area contributed by atoms with Gasteiger partial charge >= 0.3 is 23.9 Å². The van der Waals surface area contributed by atoms with Gasteiger partial charge in [0, 0.05) is 0 Å². The second kappa shape index (κ2) is 16.4. The Morgan fingerprint density at radius 1 is 0.483 bits per heavy atom. The van der Waals surface area contributed by atoms with Gasteiger partial charge in [0.1, 0.15) is 12.7 Å². The largest absolute Gasteiger partial charge is 0.504 e. The van der Waals surface area contributed by atoms with E-state index in [2.05, 4.69) is 31.9 Å². The molecule has 1 fully saturated rings. The van der Waals surface area contributed by atoms with E-state index in [1.54, 1.807) is 0 Å². The molecule has 5 rings (SSSR count). The summed E-state index contributed by atoms with van der Waals surface area (Å²) in [5.74, 6) is -18.5. The molecule has 58 heavy (non-hydrogen) atoms. The maximum atomic E-state index is 13.7. The number of hydrogen-bond donors (Lipinski definition) is 13. The number of aliphatic hydroxyl groups is 1. The third-order valence-corrected chi connectivity index (χ3v) is 9.76. The number of carbonyl (C=O) groups excluding carboxylic acids is 4. The fourth-order valence-electron chi connectivity index (χ4n) is 5.22. The molecular weight excluding hydrogens is 920 g/mol. The Bertz CT molecular complexity index is 2300. The van der Waals surface area contributed by atoms with E-state index in [4.69, 9.17) is 23.7 Å². The lowest BCUT2D eigenvalue weighted by Gasteiger charge is -2.42. The van der Waals surface area contributed by atoms with Crippen LogP contribution in [0.4, 0.5) is 0 Å². The second-order valence-corrected chi connectivity index (χ2v) is 13.5. The summed E-state index contributed by atoms with van der Waals surface area (Å²) in [6.07, 6.45) is -11.4. The fraction of sp³-hybridized carbons (Fsp3) is 0.176. The number of aliphatic hydroxyl groups excluding tert-OH is 1. The molecule has 4 aromatic carbocycles. The summed E-state index contributed by atoms with van der Waals surface area (Å²) in [4.78, 5) is 53.7. The van der Waals surface area contributed by atoms with Crippen molar-refractivity contribution in [2.24, 2.45) is 0 Å². The Morgan fingerprint density at radius 3 is 1.28 bits per heavy atom. The van der Waals surface area contributed by atoms with Crippen LogP contribution in [0.1, 0.15) is 41.4 Å². The van der Waals surface area contributed by atoms with Gasteiger partial charge in [0.25, 0.3) is 0 Å². The number of benzene rings is 4. The molecule has 1 heterocycles. The van der Waals surface area contributed by atoms with Gasteiger partial charge in [-0.3, -0.25) is 0 Å². The van der Waals surface area contributed by atoms with Crippen molar-refractivity contribution in [2.45, 2.75) is 30.7 Å². The molecule has 5 atom stereocenters. The molecule has 24 heteroatoms. The SMILES string of the molecule is O=C(O[C@@H]1[C@@H](OC(=O)c2cc(O)c(O)c(O)c2)[C@H](O)O[C@H](COC(=O)c2cc(O)c(O)c(O)c2Br)[C@H]1OC(=O)c1cc(O)c(O)c(O)c1Br)c1cc(O)c(O)c(O)c1. The first-order valence-electron chi connectivity index (χ1n) is 15.6. The number of ether oxygens (including phenoxy) is 5. The van der Waals surface area contributed by atoms with Gasteiger partial charge in [0.2, 0.25) is 11.5 Å². The van der Waals surface area contributed by atoms with Crippen LogP contribution < -0.4 is 0 Å². The molecule has 0 aliphatic carbocycles. The number of phenolic OH excluding ortho intramolecular Hbond substituents is 12. The average molecular weight is 946 g/mol. The van der Waals surface area contributed by atoms with Crippen molar-refractivity contribution in [1.29, 1.82) is 0 Å². The number of phenols is 12. The van der Waals surface area contributed by atoms with Crippen LogP contribution in [0, 0.1) is 0 Å². The first-order valence-corrected chi connectivity index (χ1v) is 17.2. The van der Waals surface area contributed by atoms with E-state index in [1.807, 2.05) is 0 Å². The van der Waals surface area contributed by atoms with Crippen LogP contribution in [0.25, 0.3) is 0 Å². The maximum absolute atomic E-state index is 13.7. The molecule has 22 nitrogen and oxygen atoms in total. The van der Waals surface area contributed by atoms with Gasteiger partial charge in [0.15, 0.2) is 82.1 Å². The maximum Gasteiger partial charge on any atom is 0.340 e. The molecule has 308 valence electrons. The molecule has 13 N–H and O–H groups in total. The highest BCUT2D eigenvalue weighted by Gasteiger charge is 2.53. The Morgan fingerprint density at radius 2 is 0.845 bits per heavy atom. The van der Waals surface area contributed by atoms with Gasteiger partial charge in [-0.15, -0.1) is 0 Å². The standard InChI is InChI=1S/C34H26Br2O22/c35-19-10(5-16(41)23(45)25(19)47)32(51)54-7-18-27(56-33(52)11-6-17(42)24(46)26(48)20(11)36)28(57-30(49)8-1-12(37)21(43)13(38)2-8)29(34(53)55-18)58-31(50)9-3-14(39)22(44)15(40)4-9/h1-6,18,27-29,34,37-48,53H,7H2/t18-,27-,28+,29-,34-/m1/s1. The molecule has 0 aromatic heterocycles. The highest BCUT2D eigenvalue weighted by atomic mass is 79.9. The number of esters is 4. The second-order valence-electron chi connectivity index (χ2n) is 11.9. The van der Waals surface area contributed by atoms with Crippen LogP contribution in [0.2, 0.25) is 0 Å². The number of carbonyl (C=O) groups is 4. The highest BCUT2D eigenvalue weighted by Crippen LogP contribution is 2.45. The van der Waals surface area contributed by atoms with Crippen LogP contribution >= 0.6 is 31.9 Å². The van der Waals surface area contributed by atoms with Crippen molar-refractivity contribution >= 4 is 55.7 Å². The van der Waals surface area contributed by atoms with E-state index >= 15 is 0 Å². The zero-order valence-corrected chi connectivity index (χ0v) is 31.5. The first-order chi connectivity index (χ1) is 27.1. The summed E-state index contributed by atoms with van der Waals surface area (Å²) in [6.45, 7) is -1.12. The smallest absolute Gasteiger partial charge is 0.340 e. The Kier molecular flexibility index (Phi) is 12.0. The van der Waals surface area contributed by atoms with Gasteiger partial charge in [0.05, 0.1) is 31.2 Å². The molecule has 0 radical (unpaired) electrons. The first kappa shape index (κ1) is 42.4. The van der Waals surface area contributed by atoms with Gasteiger partial charge in [-0.05, 0) is 68.3 Å². The number of hydrogen-bond acceptors (Lipinski definition) is 22. The molecule has 1 saturated heterocycles. The van der Waals surface area contributed by atoms with E-state index in [9.17, 15) is 85.6 Å². The van der Waals surface area contributed by atoms with Gasteiger partial charge in [-0.1, -0.05) is 0 Å². The predicted molar refractivity (Wildman–Crippen MR) is 190 cm³/mol. The van der Waals surface area contributed by atoms with Gasteiger partial charge in [-0.25, -0.2) is 19.2 Å². The van der Waals surface area contributed by atoms with Crippen LogP contribution in [-0.2, 0) is 23.7 Å². The van der Waals surface area contributed by atoms with Crippen molar-refractivity contribution in [2.75, 3.05) is 6.61 Å². The summed E-state index contributed by atoms with van der Waals surface area (Å²) in [5.41, 5.74) is -2.78. The topological polar surface area (TPSA) is 377 Å². The van der Waals surface area contributed by atoms with Crippen molar-refractivity contribution < 1.29 is 109 Å². The van der Waals surface area contributed by atoms with Crippen LogP contribution in [-0.4, -0.2) is 128 Å². The fourth-order valence-corrected chi connectivity index (χ4v) is 6.15. The summed E-state index contributed by atoms with van der Waals surface area (Å²) >= 11 is 5.68. The molecule has 1 aliphatic rings. The zero-order chi connectivity index (χ0) is 43.1. The molecule has 0 spiro atoms. The molecule has 0 saturated carbocycles. The zero-order valence-electron chi connectivity index (χ0n) is 28.3. The molecule has 0 amide bonds. The summed E-state index contributed by atoms with van der Waals surface area (Å²) in [5, 5.41) is 131. The third kappa shape index (κ3) is 8.20. The van der Waals surface area contributed by atoms with Gasteiger partial charge < -0.3 is 90.1 Å². The van der Waals surface area contributed by atoms with Crippen LogP contribution in [0.5, 0.6) is 69.0 Å². The lowest BCUT2D eigenvalue weighted by atomic mass is 9.97. The lowest BCUT2D eigenvalue weighted by Crippen LogP contribution is -2.62. The minimum atomic E-state index is -2.46. The minimum Gasteiger partial charge on any atom is -0.504 e. The molecule has 1 aliphatic heterocycles. The van der Waals surface area contributed by atoms with E-state index in [-0.39, 0.29) is 0 Å². The normalized spacial score (nSPS) is 18.8. The lowest BCUT2D eigenvalue weighted by molar-refractivity contribution is -0.284. The van der Waals surface area contributed by atoms with E-state index in [0.717, 1.165) is 0 Å². The number of rotatable bonds is 9. The van der Waals surface area contributed by atoms with Crippen molar-refractivity contribution in [3.8, 4) is 69.0 Å². The van der Waals surface area contributed by atoms with Crippen LogP contribution in [0.3, 0.4) is 0 Å². The third-order valence-electron chi connectivity index (χ3n) is 8.15. The van der Waals surface area contributed by atoms with Gasteiger partial charge in [-0.2, -0.15) is 0 Å². The van der Waals surface area contributed by atoms with Crippen molar-refractivity contribution in [1.82, 2.24) is 0 Å². The quantitative estimate of drug-likeness (QED) is 0.0650. The van der Waals surface area contributed by atoms with Crippen molar-refractivity contribution in [3.63, 3.8) is 0 Å². The average Bonchev–Trinajstić information content (AvgIpc) is 3.17.